The number of benzene rings is 1. The van der Waals surface area contributed by atoms with Crippen LogP contribution in [0.15, 0.2) is 34.7 Å². The molecule has 1 amide bonds. The molecule has 0 radical (unpaired) electrons. The quantitative estimate of drug-likeness (QED) is 0.382. The smallest absolute Gasteiger partial charge is 0.286 e. The number of furan rings is 1. The van der Waals surface area contributed by atoms with Crippen LogP contribution in [-0.2, 0) is 11.3 Å². The second-order valence-electron chi connectivity index (χ2n) is 5.23. The molecule has 0 fully saturated rings. The molecular weight excluding hydrogens is 364 g/mol. The Hall–Kier alpha value is -2.58. The minimum atomic E-state index is -0.538. The van der Waals surface area contributed by atoms with Gasteiger partial charge in [0, 0.05) is 25.8 Å². The van der Waals surface area contributed by atoms with Gasteiger partial charge >= 0.3 is 0 Å². The molecule has 26 heavy (non-hydrogen) atoms. The van der Waals surface area contributed by atoms with Crippen LogP contribution >= 0.6 is 11.6 Å². The Kier molecular flexibility index (Phi) is 7.43. The summed E-state index contributed by atoms with van der Waals surface area (Å²) in [5.74, 6) is 0.387. The zero-order valence-corrected chi connectivity index (χ0v) is 15.0. The van der Waals surface area contributed by atoms with Gasteiger partial charge in [0.25, 0.3) is 11.6 Å². The van der Waals surface area contributed by atoms with E-state index in [1.165, 1.54) is 24.3 Å². The van der Waals surface area contributed by atoms with Crippen molar-refractivity contribution in [3.05, 3.63) is 57.0 Å². The first kappa shape index (κ1) is 19.7. The summed E-state index contributed by atoms with van der Waals surface area (Å²) in [6.45, 7) is 3.60. The monoisotopic (exact) mass is 382 g/mol. The van der Waals surface area contributed by atoms with E-state index in [-0.39, 0.29) is 34.7 Å². The van der Waals surface area contributed by atoms with Crippen LogP contribution in [0.2, 0.25) is 5.02 Å². The third-order valence-corrected chi connectivity index (χ3v) is 3.65. The van der Waals surface area contributed by atoms with Crippen molar-refractivity contribution in [2.24, 2.45) is 0 Å². The van der Waals surface area contributed by atoms with Crippen molar-refractivity contribution in [3.8, 4) is 5.75 Å². The van der Waals surface area contributed by atoms with Gasteiger partial charge in [0.1, 0.15) is 18.1 Å². The van der Waals surface area contributed by atoms with Gasteiger partial charge in [0.15, 0.2) is 5.76 Å². The number of carbonyl (C=O) groups excluding carboxylic acids is 1. The molecule has 140 valence electrons. The van der Waals surface area contributed by atoms with Crippen LogP contribution in [0.25, 0.3) is 0 Å². The molecule has 0 bridgehead atoms. The summed E-state index contributed by atoms with van der Waals surface area (Å²) in [6, 6.07) is 7.04. The van der Waals surface area contributed by atoms with E-state index in [0.717, 1.165) is 0 Å². The lowest BCUT2D eigenvalue weighted by molar-refractivity contribution is -0.384. The van der Waals surface area contributed by atoms with Crippen LogP contribution in [-0.4, -0.2) is 30.6 Å². The Morgan fingerprint density at radius 2 is 2.15 bits per heavy atom. The molecule has 0 aliphatic rings. The number of amides is 1. The summed E-state index contributed by atoms with van der Waals surface area (Å²) in [6.07, 6.45) is 0.710. The van der Waals surface area contributed by atoms with E-state index >= 15 is 0 Å². The Morgan fingerprint density at radius 3 is 2.88 bits per heavy atom. The molecular formula is C17H19ClN2O6. The predicted octanol–water partition coefficient (Wildman–Crippen LogP) is 3.58. The number of hydrogen-bond donors (Lipinski definition) is 1. The number of nitrogens with zero attached hydrogens (tertiary/aromatic N) is 1. The normalized spacial score (nSPS) is 10.5. The van der Waals surface area contributed by atoms with E-state index < -0.39 is 4.92 Å². The summed E-state index contributed by atoms with van der Waals surface area (Å²) in [7, 11) is 0. The van der Waals surface area contributed by atoms with Gasteiger partial charge in [-0.15, -0.1) is 0 Å². The van der Waals surface area contributed by atoms with Crippen LogP contribution in [0.5, 0.6) is 5.75 Å². The SMILES string of the molecule is CCOCCCNC(=O)c1ccc(COc2cc([N+](=O)[O-])ccc2Cl)o1. The molecule has 0 saturated carbocycles. The molecule has 0 unspecified atom stereocenters. The molecule has 8 nitrogen and oxygen atoms in total. The zero-order chi connectivity index (χ0) is 18.9. The largest absolute Gasteiger partial charge is 0.484 e. The summed E-state index contributed by atoms with van der Waals surface area (Å²) in [4.78, 5) is 22.2. The van der Waals surface area contributed by atoms with Gasteiger partial charge in [0.2, 0.25) is 0 Å². The fourth-order valence-corrected chi connectivity index (χ4v) is 2.22. The fraction of sp³-hybridized carbons (Fsp3) is 0.353. The van der Waals surface area contributed by atoms with E-state index in [0.29, 0.717) is 31.9 Å². The lowest BCUT2D eigenvalue weighted by Crippen LogP contribution is -2.24. The van der Waals surface area contributed by atoms with Crippen molar-refractivity contribution < 1.29 is 23.6 Å². The van der Waals surface area contributed by atoms with Crippen molar-refractivity contribution in [1.29, 1.82) is 0 Å². The van der Waals surface area contributed by atoms with E-state index in [1.54, 1.807) is 6.07 Å². The van der Waals surface area contributed by atoms with Crippen LogP contribution in [0.3, 0.4) is 0 Å². The summed E-state index contributed by atoms with van der Waals surface area (Å²) in [5.41, 5.74) is -0.129. The van der Waals surface area contributed by atoms with Crippen molar-refractivity contribution in [3.63, 3.8) is 0 Å². The lowest BCUT2D eigenvalue weighted by Gasteiger charge is -2.06. The number of nitro groups is 1. The van der Waals surface area contributed by atoms with Crippen LogP contribution in [0.1, 0.15) is 29.7 Å². The standard InChI is InChI=1S/C17H19ClN2O6/c1-2-24-9-3-8-19-17(21)15-7-5-13(26-15)11-25-16-10-12(20(22)23)4-6-14(16)18/h4-7,10H,2-3,8-9,11H2,1H3,(H,19,21). The second kappa shape index (κ2) is 9.79. The van der Waals surface area contributed by atoms with E-state index in [9.17, 15) is 14.9 Å². The van der Waals surface area contributed by atoms with E-state index in [1.807, 2.05) is 6.92 Å². The maximum atomic E-state index is 12.0. The third-order valence-electron chi connectivity index (χ3n) is 3.34. The first-order valence-electron chi connectivity index (χ1n) is 8.02. The Morgan fingerprint density at radius 1 is 1.35 bits per heavy atom. The second-order valence-corrected chi connectivity index (χ2v) is 5.64. The van der Waals surface area contributed by atoms with Gasteiger partial charge in [-0.1, -0.05) is 11.6 Å². The molecule has 1 aromatic heterocycles. The Bertz CT molecular complexity index is 761. The number of carbonyl (C=O) groups is 1. The lowest BCUT2D eigenvalue weighted by atomic mass is 10.3. The molecule has 1 N–H and O–H groups in total. The minimum Gasteiger partial charge on any atom is -0.484 e. The highest BCUT2D eigenvalue weighted by atomic mass is 35.5. The first-order valence-corrected chi connectivity index (χ1v) is 8.40. The van der Waals surface area contributed by atoms with Crippen molar-refractivity contribution in [1.82, 2.24) is 5.32 Å². The van der Waals surface area contributed by atoms with Gasteiger partial charge in [-0.3, -0.25) is 14.9 Å². The number of ether oxygens (including phenoxy) is 2. The van der Waals surface area contributed by atoms with Crippen molar-refractivity contribution in [2.75, 3.05) is 19.8 Å². The summed E-state index contributed by atoms with van der Waals surface area (Å²) in [5, 5.41) is 13.8. The van der Waals surface area contributed by atoms with Crippen LogP contribution in [0, 0.1) is 10.1 Å². The van der Waals surface area contributed by atoms with E-state index in [2.05, 4.69) is 5.32 Å². The first-order chi connectivity index (χ1) is 12.5. The molecule has 9 heteroatoms. The van der Waals surface area contributed by atoms with Gasteiger partial charge in [-0.05, 0) is 31.5 Å². The molecule has 0 spiro atoms. The average Bonchev–Trinajstić information content (AvgIpc) is 3.09. The molecule has 0 aliphatic carbocycles. The highest BCUT2D eigenvalue weighted by Gasteiger charge is 2.14. The third kappa shape index (κ3) is 5.75. The summed E-state index contributed by atoms with van der Waals surface area (Å²) >= 11 is 5.96. The number of non-ortho nitro benzene ring substituents is 1. The average molecular weight is 383 g/mol. The highest BCUT2D eigenvalue weighted by molar-refractivity contribution is 6.32. The Labute approximate surface area is 155 Å². The van der Waals surface area contributed by atoms with Gasteiger partial charge in [-0.2, -0.15) is 0 Å². The molecule has 0 saturated heterocycles. The highest BCUT2D eigenvalue weighted by Crippen LogP contribution is 2.29. The van der Waals surface area contributed by atoms with Crippen LogP contribution in [0.4, 0.5) is 5.69 Å². The van der Waals surface area contributed by atoms with Gasteiger partial charge in [0.05, 0.1) is 16.0 Å². The van der Waals surface area contributed by atoms with E-state index in [4.69, 9.17) is 25.5 Å². The molecule has 1 heterocycles. The number of hydrogen-bond acceptors (Lipinski definition) is 6. The molecule has 2 rings (SSSR count). The maximum absolute atomic E-state index is 12.0. The fourth-order valence-electron chi connectivity index (χ4n) is 2.05. The van der Waals surface area contributed by atoms with Crippen molar-refractivity contribution >= 4 is 23.2 Å². The van der Waals surface area contributed by atoms with Crippen molar-refractivity contribution in [2.45, 2.75) is 20.0 Å². The van der Waals surface area contributed by atoms with Gasteiger partial charge in [-0.25, -0.2) is 0 Å². The molecule has 0 atom stereocenters. The predicted molar refractivity (Wildman–Crippen MR) is 94.6 cm³/mol. The number of halogens is 1. The zero-order valence-electron chi connectivity index (χ0n) is 14.2. The van der Waals surface area contributed by atoms with Crippen LogP contribution < -0.4 is 10.1 Å². The number of nitrogens with one attached hydrogen (secondary N) is 1. The number of nitro benzene ring substituents is 1. The van der Waals surface area contributed by atoms with Gasteiger partial charge < -0.3 is 19.2 Å². The maximum Gasteiger partial charge on any atom is 0.286 e. The molecule has 2 aromatic rings. The summed E-state index contributed by atoms with van der Waals surface area (Å²) < 4.78 is 16.1. The molecule has 1 aromatic carbocycles. The minimum absolute atomic E-state index is 0.0154. The Balaban J connectivity index is 1.87. The molecule has 0 aliphatic heterocycles. The number of rotatable bonds is 10. The topological polar surface area (TPSA) is 104 Å².